The molecule has 3 nitrogen and oxygen atoms in total. The summed E-state index contributed by atoms with van der Waals surface area (Å²) < 4.78 is 7.44. The predicted molar refractivity (Wildman–Crippen MR) is 68.6 cm³/mol. The lowest BCUT2D eigenvalue weighted by Gasteiger charge is -2.05. The molecule has 1 heterocycles. The summed E-state index contributed by atoms with van der Waals surface area (Å²) in [7, 11) is 0. The highest BCUT2D eigenvalue weighted by Gasteiger charge is 2.02. The van der Waals surface area contributed by atoms with E-state index in [1.54, 1.807) is 6.20 Å². The van der Waals surface area contributed by atoms with Crippen LogP contribution in [0.4, 0.5) is 0 Å². The number of rotatable bonds is 4. The van der Waals surface area contributed by atoms with Crippen molar-refractivity contribution in [2.75, 3.05) is 6.61 Å². The fourth-order valence-electron chi connectivity index (χ4n) is 1.48. The van der Waals surface area contributed by atoms with Crippen molar-refractivity contribution in [3.05, 3.63) is 42.2 Å². The minimum atomic E-state index is 0.526. The molecule has 0 aliphatic carbocycles. The Labute approximate surface area is 102 Å². The molecule has 0 bridgehead atoms. The van der Waals surface area contributed by atoms with Crippen LogP contribution in [0, 0.1) is 12.8 Å². The molecule has 2 rings (SSSR count). The molecule has 90 valence electrons. The summed E-state index contributed by atoms with van der Waals surface area (Å²) in [6, 6.07) is 8.25. The summed E-state index contributed by atoms with van der Waals surface area (Å²) in [5.74, 6) is 1.34. The second-order valence-corrected chi connectivity index (χ2v) is 4.66. The Morgan fingerprint density at radius 2 is 1.94 bits per heavy atom. The van der Waals surface area contributed by atoms with Gasteiger partial charge in [0.05, 0.1) is 24.7 Å². The lowest BCUT2D eigenvalue weighted by Crippen LogP contribution is -2.03. The molecule has 0 saturated carbocycles. The maximum atomic E-state index is 5.61. The van der Waals surface area contributed by atoms with Gasteiger partial charge in [-0.15, -0.1) is 0 Å². The normalized spacial score (nSPS) is 10.8. The summed E-state index contributed by atoms with van der Waals surface area (Å²) in [5.41, 5.74) is 2.30. The van der Waals surface area contributed by atoms with Gasteiger partial charge in [0, 0.05) is 0 Å². The van der Waals surface area contributed by atoms with E-state index in [9.17, 15) is 0 Å². The quantitative estimate of drug-likeness (QED) is 0.806. The van der Waals surface area contributed by atoms with E-state index in [0.717, 1.165) is 18.0 Å². The maximum absolute atomic E-state index is 5.61. The summed E-state index contributed by atoms with van der Waals surface area (Å²) in [6.45, 7) is 7.05. The van der Waals surface area contributed by atoms with Gasteiger partial charge in [0.1, 0.15) is 0 Å². The molecular formula is C14H18N2O. The first-order valence-electron chi connectivity index (χ1n) is 5.89. The van der Waals surface area contributed by atoms with Crippen LogP contribution in [0.15, 0.2) is 36.7 Å². The zero-order valence-corrected chi connectivity index (χ0v) is 10.6. The van der Waals surface area contributed by atoms with Crippen LogP contribution in [0.25, 0.3) is 5.69 Å². The van der Waals surface area contributed by atoms with Crippen LogP contribution in [0.1, 0.15) is 19.4 Å². The van der Waals surface area contributed by atoms with Gasteiger partial charge in [-0.05, 0) is 25.0 Å². The molecule has 0 atom stereocenters. The molecule has 17 heavy (non-hydrogen) atoms. The average molecular weight is 230 g/mol. The summed E-state index contributed by atoms with van der Waals surface area (Å²) in [5, 5.41) is 4.29. The number of aromatic nitrogens is 2. The molecule has 0 radical (unpaired) electrons. The van der Waals surface area contributed by atoms with E-state index in [4.69, 9.17) is 4.74 Å². The molecule has 3 heteroatoms. The van der Waals surface area contributed by atoms with Crippen LogP contribution < -0.4 is 4.74 Å². The van der Waals surface area contributed by atoms with Crippen molar-refractivity contribution >= 4 is 0 Å². The van der Waals surface area contributed by atoms with Crippen LogP contribution in [0.3, 0.4) is 0 Å². The van der Waals surface area contributed by atoms with Gasteiger partial charge < -0.3 is 4.74 Å². The van der Waals surface area contributed by atoms with Crippen LogP contribution in [0.5, 0.6) is 5.75 Å². The van der Waals surface area contributed by atoms with Gasteiger partial charge in [-0.3, -0.25) is 0 Å². The predicted octanol–water partition coefficient (Wildman–Crippen LogP) is 3.22. The van der Waals surface area contributed by atoms with Crippen molar-refractivity contribution in [2.24, 2.45) is 5.92 Å². The Bertz CT molecular complexity index is 471. The van der Waals surface area contributed by atoms with Gasteiger partial charge in [0.2, 0.25) is 0 Å². The standard InChI is InChI=1S/C14H18N2O/c1-11(2)10-17-14-8-15-16(9-14)13-6-4-12(3)5-7-13/h4-9,11H,10H2,1-3H3. The SMILES string of the molecule is Cc1ccc(-n2cc(OCC(C)C)cn2)cc1. The third kappa shape index (κ3) is 3.09. The zero-order chi connectivity index (χ0) is 12.3. The molecule has 0 amide bonds. The Hall–Kier alpha value is -1.77. The highest BCUT2D eigenvalue weighted by molar-refractivity contribution is 5.34. The number of hydrogen-bond donors (Lipinski definition) is 0. The van der Waals surface area contributed by atoms with Crippen LogP contribution in [-0.4, -0.2) is 16.4 Å². The number of hydrogen-bond acceptors (Lipinski definition) is 2. The Morgan fingerprint density at radius 1 is 1.24 bits per heavy atom. The van der Waals surface area contributed by atoms with Gasteiger partial charge in [-0.1, -0.05) is 31.5 Å². The molecule has 1 aromatic carbocycles. The fraction of sp³-hybridized carbons (Fsp3) is 0.357. The number of nitrogens with zero attached hydrogens (tertiary/aromatic N) is 2. The maximum Gasteiger partial charge on any atom is 0.157 e. The molecule has 0 aliphatic rings. The number of aryl methyl sites for hydroxylation is 1. The molecule has 0 saturated heterocycles. The van der Waals surface area contributed by atoms with Crippen LogP contribution in [-0.2, 0) is 0 Å². The average Bonchev–Trinajstić information content (AvgIpc) is 2.76. The molecule has 0 unspecified atom stereocenters. The third-order valence-electron chi connectivity index (χ3n) is 2.44. The topological polar surface area (TPSA) is 27.1 Å². The molecule has 2 aromatic rings. The van der Waals surface area contributed by atoms with E-state index >= 15 is 0 Å². The van der Waals surface area contributed by atoms with E-state index in [1.807, 2.05) is 10.9 Å². The zero-order valence-electron chi connectivity index (χ0n) is 10.6. The summed E-state index contributed by atoms with van der Waals surface area (Å²) >= 11 is 0. The largest absolute Gasteiger partial charge is 0.490 e. The number of benzene rings is 1. The third-order valence-corrected chi connectivity index (χ3v) is 2.44. The highest BCUT2D eigenvalue weighted by atomic mass is 16.5. The van der Waals surface area contributed by atoms with E-state index in [-0.39, 0.29) is 0 Å². The van der Waals surface area contributed by atoms with Gasteiger partial charge in [0.25, 0.3) is 0 Å². The van der Waals surface area contributed by atoms with Crippen molar-refractivity contribution < 1.29 is 4.74 Å². The van der Waals surface area contributed by atoms with E-state index in [0.29, 0.717) is 5.92 Å². The molecule has 0 spiro atoms. The molecule has 1 aromatic heterocycles. The summed E-state index contributed by atoms with van der Waals surface area (Å²) in [6.07, 6.45) is 3.66. The van der Waals surface area contributed by atoms with Crippen molar-refractivity contribution in [1.29, 1.82) is 0 Å². The molecule has 0 N–H and O–H groups in total. The second-order valence-electron chi connectivity index (χ2n) is 4.66. The van der Waals surface area contributed by atoms with Gasteiger partial charge in [-0.2, -0.15) is 5.10 Å². The van der Waals surface area contributed by atoms with E-state index in [1.165, 1.54) is 5.56 Å². The van der Waals surface area contributed by atoms with Crippen molar-refractivity contribution in [1.82, 2.24) is 9.78 Å². The van der Waals surface area contributed by atoms with E-state index in [2.05, 4.69) is 50.1 Å². The molecular weight excluding hydrogens is 212 g/mol. The van der Waals surface area contributed by atoms with Gasteiger partial charge in [-0.25, -0.2) is 4.68 Å². The van der Waals surface area contributed by atoms with Crippen molar-refractivity contribution in [3.63, 3.8) is 0 Å². The molecule has 0 fully saturated rings. The monoisotopic (exact) mass is 230 g/mol. The van der Waals surface area contributed by atoms with Crippen molar-refractivity contribution in [2.45, 2.75) is 20.8 Å². The lowest BCUT2D eigenvalue weighted by atomic mass is 10.2. The fourth-order valence-corrected chi connectivity index (χ4v) is 1.48. The Balaban J connectivity index is 2.10. The first-order valence-corrected chi connectivity index (χ1v) is 5.89. The van der Waals surface area contributed by atoms with Gasteiger partial charge >= 0.3 is 0 Å². The second kappa shape index (κ2) is 5.04. The van der Waals surface area contributed by atoms with Gasteiger partial charge in [0.15, 0.2) is 5.75 Å². The first kappa shape index (κ1) is 11.7. The number of ether oxygens (including phenoxy) is 1. The van der Waals surface area contributed by atoms with Crippen LogP contribution >= 0.6 is 0 Å². The first-order chi connectivity index (χ1) is 8.15. The Morgan fingerprint density at radius 3 is 2.59 bits per heavy atom. The lowest BCUT2D eigenvalue weighted by molar-refractivity contribution is 0.271. The highest BCUT2D eigenvalue weighted by Crippen LogP contribution is 2.14. The van der Waals surface area contributed by atoms with Crippen molar-refractivity contribution in [3.8, 4) is 11.4 Å². The minimum Gasteiger partial charge on any atom is -0.490 e. The summed E-state index contributed by atoms with van der Waals surface area (Å²) in [4.78, 5) is 0. The van der Waals surface area contributed by atoms with E-state index < -0.39 is 0 Å². The smallest absolute Gasteiger partial charge is 0.157 e. The minimum absolute atomic E-state index is 0.526. The van der Waals surface area contributed by atoms with Crippen LogP contribution in [0.2, 0.25) is 0 Å². The Kier molecular flexibility index (Phi) is 3.47. The molecule has 0 aliphatic heterocycles.